The molecule has 0 saturated carbocycles. The van der Waals surface area contributed by atoms with Gasteiger partial charge in [-0.2, -0.15) is 0 Å². The summed E-state index contributed by atoms with van der Waals surface area (Å²) in [6, 6.07) is 8.28. The Labute approximate surface area is 119 Å². The van der Waals surface area contributed by atoms with Crippen molar-refractivity contribution in [3.05, 3.63) is 38.6 Å². The summed E-state index contributed by atoms with van der Waals surface area (Å²) >= 11 is 3.92. The topological polar surface area (TPSA) is 38.7 Å². The number of hydrogen-bond acceptors (Lipinski definition) is 3. The summed E-state index contributed by atoms with van der Waals surface area (Å²) in [5, 5.41) is 4.10. The van der Waals surface area contributed by atoms with Crippen LogP contribution in [0, 0.1) is 0 Å². The van der Waals surface area contributed by atoms with Crippen molar-refractivity contribution >= 4 is 45.2 Å². The second-order valence-corrected chi connectivity index (χ2v) is 7.33. The molecule has 0 aliphatic heterocycles. The van der Waals surface area contributed by atoms with Gasteiger partial charge in [0.05, 0.1) is 0 Å². The molecule has 2 aromatic heterocycles. The molecule has 84 valence electrons. The summed E-state index contributed by atoms with van der Waals surface area (Å²) in [6.07, 6.45) is 0. The normalized spacial score (nSPS) is 10.6. The van der Waals surface area contributed by atoms with E-state index in [4.69, 9.17) is 0 Å². The van der Waals surface area contributed by atoms with Gasteiger partial charge in [-0.1, -0.05) is 0 Å². The number of rotatable bonds is 2. The van der Waals surface area contributed by atoms with E-state index in [2.05, 4.69) is 52.1 Å². The van der Waals surface area contributed by atoms with Crippen LogP contribution in [0.3, 0.4) is 0 Å². The number of benzene rings is 1. The van der Waals surface area contributed by atoms with Gasteiger partial charge in [0.25, 0.3) is 0 Å². The van der Waals surface area contributed by atoms with E-state index in [-0.39, 0.29) is 14.7 Å². The standard InChI is InChI=1S/C11H6BrN3Se2/c12-8-3-1-7(2-4-8)11-13-9(5-16-11)10-6-17-15-14-10/h1-6H. The molecule has 0 N–H and O–H groups in total. The summed E-state index contributed by atoms with van der Waals surface area (Å²) < 4.78 is 6.26. The predicted octanol–water partition coefficient (Wildman–Crippen LogP) is 2.08. The molecule has 0 spiro atoms. The molecular weight excluding hydrogens is 412 g/mol. The van der Waals surface area contributed by atoms with E-state index in [1.807, 2.05) is 12.1 Å². The van der Waals surface area contributed by atoms with Crippen molar-refractivity contribution in [1.29, 1.82) is 0 Å². The van der Waals surface area contributed by atoms with Gasteiger partial charge in [0.15, 0.2) is 0 Å². The maximum absolute atomic E-state index is 4.65. The van der Waals surface area contributed by atoms with Gasteiger partial charge in [0.1, 0.15) is 0 Å². The third-order valence-electron chi connectivity index (χ3n) is 2.22. The molecule has 0 aliphatic carbocycles. The molecule has 0 unspecified atom stereocenters. The van der Waals surface area contributed by atoms with Gasteiger partial charge in [0, 0.05) is 0 Å². The van der Waals surface area contributed by atoms with Gasteiger partial charge in [0.2, 0.25) is 0 Å². The first kappa shape index (κ1) is 11.6. The summed E-state index contributed by atoms with van der Waals surface area (Å²) in [5.74, 6) is 0. The third kappa shape index (κ3) is 2.51. The molecule has 3 rings (SSSR count). The SMILES string of the molecule is Brc1ccc(-c2nc(-c3c[se]nn3)c[se]2)cc1. The first-order valence-electron chi connectivity index (χ1n) is 4.82. The molecular formula is C11H6BrN3Se2. The van der Waals surface area contributed by atoms with Crippen molar-refractivity contribution in [2.45, 2.75) is 0 Å². The summed E-state index contributed by atoms with van der Waals surface area (Å²) in [5.41, 5.74) is 3.13. The van der Waals surface area contributed by atoms with E-state index in [9.17, 15) is 0 Å². The van der Waals surface area contributed by atoms with E-state index in [1.54, 1.807) is 0 Å². The second-order valence-electron chi connectivity index (χ2n) is 3.33. The first-order valence-corrected chi connectivity index (χ1v) is 9.21. The van der Waals surface area contributed by atoms with Crippen molar-refractivity contribution in [3.8, 4) is 21.5 Å². The van der Waals surface area contributed by atoms with Crippen LogP contribution in [0.4, 0.5) is 0 Å². The molecule has 3 aromatic rings. The van der Waals surface area contributed by atoms with Crippen LogP contribution in [0.5, 0.6) is 0 Å². The average molecular weight is 418 g/mol. The molecule has 0 aliphatic rings. The van der Waals surface area contributed by atoms with Crippen LogP contribution in [0.1, 0.15) is 0 Å². The zero-order valence-corrected chi connectivity index (χ0v) is 13.5. The zero-order chi connectivity index (χ0) is 11.7. The Bertz CT molecular complexity index is 616. The molecule has 2 heterocycles. The Kier molecular flexibility index (Phi) is 3.41. The number of hydrogen-bond donors (Lipinski definition) is 0. The van der Waals surface area contributed by atoms with E-state index in [0.717, 1.165) is 20.4 Å². The van der Waals surface area contributed by atoms with Crippen molar-refractivity contribution < 1.29 is 0 Å². The Balaban J connectivity index is 1.98. The number of halogens is 1. The van der Waals surface area contributed by atoms with Gasteiger partial charge in [-0.05, 0) is 0 Å². The van der Waals surface area contributed by atoms with Crippen LogP contribution in [-0.4, -0.2) is 43.4 Å². The monoisotopic (exact) mass is 419 g/mol. The molecule has 0 radical (unpaired) electrons. The molecule has 0 atom stereocenters. The molecule has 17 heavy (non-hydrogen) atoms. The molecule has 0 amide bonds. The van der Waals surface area contributed by atoms with Crippen LogP contribution >= 0.6 is 15.9 Å². The number of aromatic nitrogens is 3. The van der Waals surface area contributed by atoms with Gasteiger partial charge in [-0.25, -0.2) is 0 Å². The fourth-order valence-corrected chi connectivity index (χ4v) is 4.32. The maximum atomic E-state index is 4.65. The Morgan fingerprint density at radius 1 is 1.00 bits per heavy atom. The fourth-order valence-electron chi connectivity index (χ4n) is 1.39. The van der Waals surface area contributed by atoms with Gasteiger partial charge < -0.3 is 0 Å². The van der Waals surface area contributed by atoms with Gasteiger partial charge >= 0.3 is 119 Å². The van der Waals surface area contributed by atoms with Crippen LogP contribution in [0.25, 0.3) is 21.5 Å². The Morgan fingerprint density at radius 2 is 1.82 bits per heavy atom. The van der Waals surface area contributed by atoms with Gasteiger partial charge in [-0.3, -0.25) is 0 Å². The Hall–Kier alpha value is -0.511. The molecule has 0 fully saturated rings. The molecule has 3 nitrogen and oxygen atoms in total. The average Bonchev–Trinajstić information content (AvgIpc) is 3.00. The van der Waals surface area contributed by atoms with E-state index in [0.29, 0.717) is 14.5 Å². The minimum atomic E-state index is 0.180. The number of nitrogens with zero attached hydrogens (tertiary/aromatic N) is 3. The summed E-state index contributed by atoms with van der Waals surface area (Å²) in [4.78, 5) is 8.90. The van der Waals surface area contributed by atoms with Crippen molar-refractivity contribution in [1.82, 2.24) is 14.2 Å². The first-order chi connectivity index (χ1) is 8.33. The van der Waals surface area contributed by atoms with Crippen molar-refractivity contribution in [3.63, 3.8) is 0 Å². The summed E-state index contributed by atoms with van der Waals surface area (Å²) in [7, 11) is 0. The zero-order valence-electron chi connectivity index (χ0n) is 8.50. The van der Waals surface area contributed by atoms with Gasteiger partial charge in [-0.15, -0.1) is 0 Å². The second kappa shape index (κ2) is 5.00. The fraction of sp³-hybridized carbons (Fsp3) is 0. The van der Waals surface area contributed by atoms with Crippen LogP contribution in [-0.2, 0) is 0 Å². The molecule has 6 heteroatoms. The predicted molar refractivity (Wildman–Crippen MR) is 72.3 cm³/mol. The Morgan fingerprint density at radius 3 is 2.53 bits per heavy atom. The third-order valence-corrected chi connectivity index (χ3v) is 5.68. The van der Waals surface area contributed by atoms with Crippen molar-refractivity contribution in [2.24, 2.45) is 0 Å². The van der Waals surface area contributed by atoms with E-state index < -0.39 is 0 Å². The summed E-state index contributed by atoms with van der Waals surface area (Å²) in [6.45, 7) is 0. The van der Waals surface area contributed by atoms with Crippen LogP contribution in [0.15, 0.2) is 38.6 Å². The quantitative estimate of drug-likeness (QED) is 0.599. The van der Waals surface area contributed by atoms with Crippen LogP contribution in [0.2, 0.25) is 0 Å². The van der Waals surface area contributed by atoms with E-state index >= 15 is 0 Å². The van der Waals surface area contributed by atoms with E-state index in [1.165, 1.54) is 5.56 Å². The molecule has 0 saturated heterocycles. The molecule has 0 bridgehead atoms. The van der Waals surface area contributed by atoms with Crippen molar-refractivity contribution in [2.75, 3.05) is 0 Å². The molecule has 1 aromatic carbocycles. The minimum absolute atomic E-state index is 0.180. The van der Waals surface area contributed by atoms with Crippen LogP contribution < -0.4 is 0 Å².